The number of carbonyl (C=O) groups is 2. The molecule has 0 aromatic rings. The van der Waals surface area contributed by atoms with Crippen molar-refractivity contribution in [3.8, 4) is 0 Å². The Morgan fingerprint density at radius 3 is 2.60 bits per heavy atom. The van der Waals surface area contributed by atoms with E-state index in [2.05, 4.69) is 5.32 Å². The molecule has 2 saturated heterocycles. The fourth-order valence-corrected chi connectivity index (χ4v) is 2.17. The predicted molar refractivity (Wildman–Crippen MR) is 53.2 cm³/mol. The molecule has 0 aromatic heterocycles. The Bertz CT molecular complexity index is 258. The van der Waals surface area contributed by atoms with E-state index in [-0.39, 0.29) is 24.0 Å². The normalized spacial score (nSPS) is 30.3. The number of nitrogens with one attached hydrogen (secondary N) is 1. The van der Waals surface area contributed by atoms with E-state index in [9.17, 15) is 9.59 Å². The van der Waals surface area contributed by atoms with Gasteiger partial charge in [0.2, 0.25) is 11.8 Å². The fourth-order valence-electron chi connectivity index (χ4n) is 2.17. The molecule has 15 heavy (non-hydrogen) atoms. The molecule has 5 nitrogen and oxygen atoms in total. The fraction of sp³-hybridized carbons (Fsp3) is 0.800. The van der Waals surface area contributed by atoms with Crippen molar-refractivity contribution in [2.45, 2.75) is 31.9 Å². The number of imide groups is 1. The van der Waals surface area contributed by atoms with Crippen molar-refractivity contribution in [2.75, 3.05) is 19.7 Å². The van der Waals surface area contributed by atoms with E-state index in [0.29, 0.717) is 13.1 Å². The molecule has 0 aromatic carbocycles. The Balaban J connectivity index is 1.96. The Morgan fingerprint density at radius 1 is 1.40 bits per heavy atom. The quantitative estimate of drug-likeness (QED) is 0.628. The van der Waals surface area contributed by atoms with Crippen LogP contribution in [-0.2, 0) is 14.3 Å². The highest BCUT2D eigenvalue weighted by molar-refractivity contribution is 5.99. The molecule has 2 rings (SSSR count). The molecule has 5 heteroatoms. The summed E-state index contributed by atoms with van der Waals surface area (Å²) in [6, 6.07) is 0.141. The zero-order chi connectivity index (χ0) is 10.8. The number of rotatable bonds is 2. The Labute approximate surface area is 88.8 Å². The van der Waals surface area contributed by atoms with Gasteiger partial charge >= 0.3 is 0 Å². The molecule has 0 spiro atoms. The summed E-state index contributed by atoms with van der Waals surface area (Å²) in [7, 11) is 0. The smallest absolute Gasteiger partial charge is 0.240 e. The second-order valence-corrected chi connectivity index (χ2v) is 4.17. The monoisotopic (exact) mass is 212 g/mol. The van der Waals surface area contributed by atoms with Crippen LogP contribution in [0, 0.1) is 0 Å². The summed E-state index contributed by atoms with van der Waals surface area (Å²) in [5.41, 5.74) is 0. The van der Waals surface area contributed by atoms with E-state index < -0.39 is 0 Å². The maximum absolute atomic E-state index is 11.2. The molecular weight excluding hydrogens is 196 g/mol. The molecule has 84 valence electrons. The number of amides is 2. The summed E-state index contributed by atoms with van der Waals surface area (Å²) in [4.78, 5) is 24.3. The van der Waals surface area contributed by atoms with Gasteiger partial charge in [0.25, 0.3) is 0 Å². The number of nitrogens with zero attached hydrogens (tertiary/aromatic N) is 1. The van der Waals surface area contributed by atoms with Crippen molar-refractivity contribution in [3.63, 3.8) is 0 Å². The first-order valence-electron chi connectivity index (χ1n) is 5.35. The van der Waals surface area contributed by atoms with Crippen LogP contribution in [0.5, 0.6) is 0 Å². The SMILES string of the molecule is CC(C1CCCO1)N1CC(=O)NC(=O)C1. The molecule has 2 aliphatic rings. The van der Waals surface area contributed by atoms with Gasteiger partial charge in [-0.05, 0) is 19.8 Å². The number of ether oxygens (including phenoxy) is 1. The molecule has 2 unspecified atom stereocenters. The molecule has 2 heterocycles. The van der Waals surface area contributed by atoms with Crippen LogP contribution in [0.15, 0.2) is 0 Å². The Morgan fingerprint density at radius 2 is 2.07 bits per heavy atom. The van der Waals surface area contributed by atoms with Crippen molar-refractivity contribution in [1.29, 1.82) is 0 Å². The van der Waals surface area contributed by atoms with Crippen molar-refractivity contribution < 1.29 is 14.3 Å². The molecule has 2 atom stereocenters. The van der Waals surface area contributed by atoms with Crippen LogP contribution in [0.1, 0.15) is 19.8 Å². The second-order valence-electron chi connectivity index (χ2n) is 4.17. The van der Waals surface area contributed by atoms with Crippen LogP contribution in [0.4, 0.5) is 0 Å². The predicted octanol–water partition coefficient (Wildman–Crippen LogP) is -0.488. The highest BCUT2D eigenvalue weighted by Gasteiger charge is 2.32. The van der Waals surface area contributed by atoms with E-state index in [1.54, 1.807) is 0 Å². The number of piperazine rings is 1. The average molecular weight is 212 g/mol. The van der Waals surface area contributed by atoms with Gasteiger partial charge in [0, 0.05) is 12.6 Å². The van der Waals surface area contributed by atoms with Gasteiger partial charge in [0.05, 0.1) is 19.2 Å². The van der Waals surface area contributed by atoms with Gasteiger partial charge in [0.1, 0.15) is 0 Å². The van der Waals surface area contributed by atoms with Crippen molar-refractivity contribution in [1.82, 2.24) is 10.2 Å². The largest absolute Gasteiger partial charge is 0.377 e. The highest BCUT2D eigenvalue weighted by atomic mass is 16.5. The van der Waals surface area contributed by atoms with Gasteiger partial charge < -0.3 is 4.74 Å². The Kier molecular flexibility index (Phi) is 3.02. The molecule has 0 aliphatic carbocycles. The lowest BCUT2D eigenvalue weighted by Crippen LogP contribution is -2.56. The minimum Gasteiger partial charge on any atom is -0.377 e. The van der Waals surface area contributed by atoms with E-state index in [4.69, 9.17) is 4.74 Å². The van der Waals surface area contributed by atoms with Crippen LogP contribution in [0.3, 0.4) is 0 Å². The van der Waals surface area contributed by atoms with E-state index in [1.165, 1.54) is 0 Å². The lowest BCUT2D eigenvalue weighted by Gasteiger charge is -2.33. The minimum atomic E-state index is -0.212. The zero-order valence-corrected chi connectivity index (χ0v) is 8.86. The number of hydrogen-bond acceptors (Lipinski definition) is 4. The summed E-state index contributed by atoms with van der Waals surface area (Å²) >= 11 is 0. The molecule has 0 radical (unpaired) electrons. The first kappa shape index (κ1) is 10.6. The number of hydrogen-bond donors (Lipinski definition) is 1. The molecular formula is C10H16N2O3. The first-order chi connectivity index (χ1) is 7.16. The van der Waals surface area contributed by atoms with Crippen molar-refractivity contribution in [3.05, 3.63) is 0 Å². The van der Waals surface area contributed by atoms with E-state index in [1.807, 2.05) is 11.8 Å². The minimum absolute atomic E-state index is 0.141. The summed E-state index contributed by atoms with van der Waals surface area (Å²) < 4.78 is 5.55. The second kappa shape index (κ2) is 4.28. The van der Waals surface area contributed by atoms with Gasteiger partial charge in [-0.1, -0.05) is 0 Å². The van der Waals surface area contributed by atoms with Gasteiger partial charge in [-0.3, -0.25) is 19.8 Å². The lowest BCUT2D eigenvalue weighted by atomic mass is 10.1. The van der Waals surface area contributed by atoms with Crippen LogP contribution < -0.4 is 5.32 Å². The van der Waals surface area contributed by atoms with Crippen LogP contribution in [0.25, 0.3) is 0 Å². The number of carbonyl (C=O) groups excluding carboxylic acids is 2. The van der Waals surface area contributed by atoms with Gasteiger partial charge in [-0.15, -0.1) is 0 Å². The van der Waals surface area contributed by atoms with Crippen LogP contribution in [-0.4, -0.2) is 48.6 Å². The zero-order valence-electron chi connectivity index (χ0n) is 8.86. The molecule has 1 N–H and O–H groups in total. The third kappa shape index (κ3) is 2.35. The van der Waals surface area contributed by atoms with Crippen molar-refractivity contribution in [2.24, 2.45) is 0 Å². The molecule has 2 amide bonds. The first-order valence-corrected chi connectivity index (χ1v) is 5.35. The third-order valence-electron chi connectivity index (χ3n) is 3.05. The summed E-state index contributed by atoms with van der Waals surface area (Å²) in [5.74, 6) is -0.424. The van der Waals surface area contributed by atoms with Gasteiger partial charge in [-0.25, -0.2) is 0 Å². The molecule has 2 aliphatic heterocycles. The topological polar surface area (TPSA) is 58.6 Å². The van der Waals surface area contributed by atoms with Crippen molar-refractivity contribution >= 4 is 11.8 Å². The third-order valence-corrected chi connectivity index (χ3v) is 3.05. The highest BCUT2D eigenvalue weighted by Crippen LogP contribution is 2.19. The maximum atomic E-state index is 11.2. The van der Waals surface area contributed by atoms with Crippen LogP contribution >= 0.6 is 0 Å². The van der Waals surface area contributed by atoms with Gasteiger partial charge in [0.15, 0.2) is 0 Å². The van der Waals surface area contributed by atoms with E-state index >= 15 is 0 Å². The lowest BCUT2D eigenvalue weighted by molar-refractivity contribution is -0.138. The van der Waals surface area contributed by atoms with Gasteiger partial charge in [-0.2, -0.15) is 0 Å². The summed E-state index contributed by atoms with van der Waals surface area (Å²) in [6.07, 6.45) is 2.26. The molecule has 0 saturated carbocycles. The van der Waals surface area contributed by atoms with Crippen LogP contribution in [0.2, 0.25) is 0 Å². The summed E-state index contributed by atoms with van der Waals surface area (Å²) in [6.45, 7) is 3.41. The molecule has 0 bridgehead atoms. The Hall–Kier alpha value is -0.940. The molecule has 2 fully saturated rings. The van der Waals surface area contributed by atoms with E-state index in [0.717, 1.165) is 19.4 Å². The maximum Gasteiger partial charge on any atom is 0.240 e. The standard InChI is InChI=1S/C10H16N2O3/c1-7(8-3-2-4-15-8)12-5-9(13)11-10(14)6-12/h7-8H,2-6H2,1H3,(H,11,13,14). The summed E-state index contributed by atoms with van der Waals surface area (Å²) in [5, 5.41) is 2.29. The average Bonchev–Trinajstić information content (AvgIpc) is 2.67.